The Morgan fingerprint density at radius 3 is 2.50 bits per heavy atom. The van der Waals surface area contributed by atoms with Crippen LogP contribution >= 0.6 is 0 Å². The highest BCUT2D eigenvalue weighted by atomic mass is 19.3. The molecule has 0 saturated heterocycles. The second-order valence-electron chi connectivity index (χ2n) is 6.32. The average molecular weight is 344 g/mol. The fourth-order valence-electron chi connectivity index (χ4n) is 1.96. The van der Waals surface area contributed by atoms with E-state index >= 15 is 0 Å². The maximum absolute atomic E-state index is 14.2. The number of aromatic nitrogens is 1. The predicted molar refractivity (Wildman–Crippen MR) is 82.7 cm³/mol. The van der Waals surface area contributed by atoms with Crippen molar-refractivity contribution in [1.29, 1.82) is 0 Å². The molecule has 0 bridgehead atoms. The smallest absolute Gasteiger partial charge is 0.408 e. The summed E-state index contributed by atoms with van der Waals surface area (Å²) >= 11 is 0. The molecular formula is C16H22F2N2O4. The normalized spacial score (nSPS) is 13.1. The van der Waals surface area contributed by atoms with Crippen LogP contribution in [0.15, 0.2) is 24.5 Å². The summed E-state index contributed by atoms with van der Waals surface area (Å²) in [6, 6.07) is 1.54. The quantitative estimate of drug-likeness (QED) is 0.803. The molecule has 0 fully saturated rings. The van der Waals surface area contributed by atoms with Gasteiger partial charge in [0.05, 0.1) is 7.11 Å². The van der Waals surface area contributed by atoms with E-state index in [1.807, 2.05) is 0 Å². The summed E-state index contributed by atoms with van der Waals surface area (Å²) in [7, 11) is 1.06. The number of hydrogen-bond acceptors (Lipinski definition) is 5. The van der Waals surface area contributed by atoms with Gasteiger partial charge in [0.15, 0.2) is 0 Å². The summed E-state index contributed by atoms with van der Waals surface area (Å²) in [5.41, 5.74) is -0.494. The first-order valence-electron chi connectivity index (χ1n) is 7.36. The number of alkyl carbamates (subject to hydrolysis) is 1. The third-order valence-electron chi connectivity index (χ3n) is 2.86. The molecule has 0 spiro atoms. The lowest BCUT2D eigenvalue weighted by atomic mass is 10.0. The van der Waals surface area contributed by atoms with E-state index < -0.39 is 42.5 Å². The maximum Gasteiger partial charge on any atom is 0.408 e. The zero-order valence-electron chi connectivity index (χ0n) is 14.1. The third kappa shape index (κ3) is 7.34. The molecule has 1 atom stereocenters. The van der Waals surface area contributed by atoms with Crippen LogP contribution in [0.1, 0.15) is 32.8 Å². The number of nitrogens with zero attached hydrogens (tertiary/aromatic N) is 1. The zero-order valence-corrected chi connectivity index (χ0v) is 14.1. The van der Waals surface area contributed by atoms with Crippen LogP contribution in [-0.2, 0) is 20.7 Å². The number of rotatable bonds is 6. The molecule has 1 amide bonds. The molecule has 24 heavy (non-hydrogen) atoms. The Labute approximate surface area is 139 Å². The van der Waals surface area contributed by atoms with Gasteiger partial charge in [0.25, 0.3) is 5.92 Å². The Balaban J connectivity index is 2.77. The molecule has 0 aliphatic carbocycles. The third-order valence-corrected chi connectivity index (χ3v) is 2.86. The number of methoxy groups -OCH3 is 1. The van der Waals surface area contributed by atoms with Gasteiger partial charge >= 0.3 is 12.1 Å². The minimum Gasteiger partial charge on any atom is -0.467 e. The van der Waals surface area contributed by atoms with Gasteiger partial charge in [-0.2, -0.15) is 0 Å². The van der Waals surface area contributed by atoms with Crippen molar-refractivity contribution in [2.75, 3.05) is 7.11 Å². The Bertz CT molecular complexity index is 559. The highest BCUT2D eigenvalue weighted by Crippen LogP contribution is 2.26. The largest absolute Gasteiger partial charge is 0.467 e. The summed E-state index contributed by atoms with van der Waals surface area (Å²) < 4.78 is 37.9. The molecule has 0 aliphatic heterocycles. The Hall–Kier alpha value is -2.25. The number of halogens is 2. The van der Waals surface area contributed by atoms with Crippen LogP contribution in [0, 0.1) is 0 Å². The van der Waals surface area contributed by atoms with Crippen LogP contribution in [-0.4, -0.2) is 41.7 Å². The molecule has 1 heterocycles. The van der Waals surface area contributed by atoms with E-state index in [1.54, 1.807) is 26.8 Å². The molecule has 8 heteroatoms. The molecule has 0 unspecified atom stereocenters. The average Bonchev–Trinajstić information content (AvgIpc) is 2.44. The number of ether oxygens (including phenoxy) is 2. The Kier molecular flexibility index (Phi) is 6.62. The molecule has 0 radical (unpaired) electrons. The molecule has 1 aromatic heterocycles. The number of alkyl halides is 2. The number of amides is 1. The second-order valence-corrected chi connectivity index (χ2v) is 6.32. The van der Waals surface area contributed by atoms with Crippen LogP contribution < -0.4 is 5.32 Å². The van der Waals surface area contributed by atoms with Gasteiger partial charge < -0.3 is 14.8 Å². The Morgan fingerprint density at radius 1 is 1.33 bits per heavy atom. The summed E-state index contributed by atoms with van der Waals surface area (Å²) in [6.45, 7) is 4.87. The molecular weight excluding hydrogens is 322 g/mol. The van der Waals surface area contributed by atoms with Crippen molar-refractivity contribution in [1.82, 2.24) is 10.3 Å². The first-order chi connectivity index (χ1) is 11.0. The van der Waals surface area contributed by atoms with Gasteiger partial charge in [-0.05, 0) is 32.4 Å². The summed E-state index contributed by atoms with van der Waals surface area (Å²) in [6.07, 6.45) is 0.318. The SMILES string of the molecule is COC(=O)[C@H](CC(F)(F)Cc1cccnc1)NC(=O)OC(C)(C)C. The van der Waals surface area contributed by atoms with Crippen LogP contribution in [0.5, 0.6) is 0 Å². The first kappa shape index (κ1) is 19.8. The van der Waals surface area contributed by atoms with Crippen molar-refractivity contribution in [2.45, 2.75) is 51.2 Å². The van der Waals surface area contributed by atoms with Crippen molar-refractivity contribution >= 4 is 12.1 Å². The van der Waals surface area contributed by atoms with Gasteiger partial charge in [-0.1, -0.05) is 6.07 Å². The van der Waals surface area contributed by atoms with E-state index in [0.29, 0.717) is 5.56 Å². The van der Waals surface area contributed by atoms with Gasteiger partial charge in [0.2, 0.25) is 0 Å². The standard InChI is InChI=1S/C16H22F2N2O4/c1-15(2,3)24-14(22)20-12(13(21)23-4)9-16(17,18)8-11-6-5-7-19-10-11/h5-7,10,12H,8-9H2,1-4H3,(H,20,22)/t12-/m0/s1. The number of carbonyl (C=O) groups is 2. The number of hydrogen-bond donors (Lipinski definition) is 1. The van der Waals surface area contributed by atoms with Crippen LogP contribution in [0.4, 0.5) is 13.6 Å². The number of pyridine rings is 1. The molecule has 6 nitrogen and oxygen atoms in total. The molecule has 1 aromatic rings. The highest BCUT2D eigenvalue weighted by molar-refractivity contribution is 5.81. The topological polar surface area (TPSA) is 77.5 Å². The van der Waals surface area contributed by atoms with E-state index in [1.165, 1.54) is 18.5 Å². The van der Waals surface area contributed by atoms with Crippen LogP contribution in [0.3, 0.4) is 0 Å². The lowest BCUT2D eigenvalue weighted by Gasteiger charge is -2.25. The molecule has 1 N–H and O–H groups in total. The minimum absolute atomic E-state index is 0.323. The van der Waals surface area contributed by atoms with Gasteiger partial charge in [-0.3, -0.25) is 4.98 Å². The van der Waals surface area contributed by atoms with Crippen molar-refractivity contribution in [3.05, 3.63) is 30.1 Å². The summed E-state index contributed by atoms with van der Waals surface area (Å²) in [5.74, 6) is -4.21. The fraction of sp³-hybridized carbons (Fsp3) is 0.562. The van der Waals surface area contributed by atoms with Gasteiger partial charge in [0.1, 0.15) is 11.6 Å². The molecule has 1 rings (SSSR count). The molecule has 0 aromatic carbocycles. The second kappa shape index (κ2) is 8.03. The van der Waals surface area contributed by atoms with Crippen LogP contribution in [0.2, 0.25) is 0 Å². The van der Waals surface area contributed by atoms with Gasteiger partial charge in [-0.25, -0.2) is 18.4 Å². The monoisotopic (exact) mass is 344 g/mol. The van der Waals surface area contributed by atoms with Gasteiger partial charge in [-0.15, -0.1) is 0 Å². The van der Waals surface area contributed by atoms with Gasteiger partial charge in [0, 0.05) is 25.2 Å². The molecule has 0 aliphatic rings. The van der Waals surface area contributed by atoms with E-state index in [9.17, 15) is 18.4 Å². The number of esters is 1. The predicted octanol–water partition coefficient (Wildman–Crippen LogP) is 2.72. The summed E-state index contributed by atoms with van der Waals surface area (Å²) in [4.78, 5) is 27.2. The van der Waals surface area contributed by atoms with Crippen LogP contribution in [0.25, 0.3) is 0 Å². The van der Waals surface area contributed by atoms with Crippen molar-refractivity contribution in [3.8, 4) is 0 Å². The summed E-state index contributed by atoms with van der Waals surface area (Å²) in [5, 5.41) is 2.13. The molecule has 134 valence electrons. The van der Waals surface area contributed by atoms with E-state index in [0.717, 1.165) is 7.11 Å². The number of carbonyl (C=O) groups excluding carboxylic acids is 2. The lowest BCUT2D eigenvalue weighted by Crippen LogP contribution is -2.47. The number of nitrogens with one attached hydrogen (secondary N) is 1. The fourth-order valence-corrected chi connectivity index (χ4v) is 1.96. The van der Waals surface area contributed by atoms with E-state index in [-0.39, 0.29) is 0 Å². The minimum atomic E-state index is -3.24. The molecule has 0 saturated carbocycles. The van der Waals surface area contributed by atoms with Crippen molar-refractivity contribution in [2.24, 2.45) is 0 Å². The highest BCUT2D eigenvalue weighted by Gasteiger charge is 2.38. The zero-order chi connectivity index (χ0) is 18.4. The van der Waals surface area contributed by atoms with E-state index in [4.69, 9.17) is 4.74 Å². The van der Waals surface area contributed by atoms with Crippen molar-refractivity contribution in [3.63, 3.8) is 0 Å². The first-order valence-corrected chi connectivity index (χ1v) is 7.36. The Morgan fingerprint density at radius 2 is 2.00 bits per heavy atom. The maximum atomic E-state index is 14.2. The lowest BCUT2D eigenvalue weighted by molar-refractivity contribution is -0.146. The van der Waals surface area contributed by atoms with Crippen molar-refractivity contribution < 1.29 is 27.8 Å². The van der Waals surface area contributed by atoms with E-state index in [2.05, 4.69) is 15.0 Å².